The smallest absolute Gasteiger partial charge is 0.322 e. The number of rotatable bonds is 1. The van der Waals surface area contributed by atoms with E-state index in [0.29, 0.717) is 18.8 Å². The van der Waals surface area contributed by atoms with E-state index in [2.05, 4.69) is 5.32 Å². The number of nitrogens with zero attached hydrogens (tertiary/aromatic N) is 2. The summed E-state index contributed by atoms with van der Waals surface area (Å²) in [6.07, 6.45) is -0.0682. The topological polar surface area (TPSA) is 65.4 Å². The highest BCUT2D eigenvalue weighted by Crippen LogP contribution is 2.18. The third kappa shape index (κ3) is 3.25. The zero-order valence-corrected chi connectivity index (χ0v) is 11.4. The summed E-state index contributed by atoms with van der Waals surface area (Å²) in [5, 5.41) is 11.6. The zero-order valence-electron chi connectivity index (χ0n) is 11.4. The van der Waals surface area contributed by atoms with Gasteiger partial charge in [0.25, 0.3) is 0 Å². The lowest BCUT2D eigenvalue weighted by Gasteiger charge is -2.35. The Kier molecular flexibility index (Phi) is 4.20. The molecule has 1 fully saturated rings. The van der Waals surface area contributed by atoms with E-state index in [1.165, 1.54) is 12.1 Å². The lowest BCUT2D eigenvalue weighted by Crippen LogP contribution is -2.49. The second-order valence-electron chi connectivity index (χ2n) is 4.89. The second kappa shape index (κ2) is 5.88. The number of halogens is 1. The largest absolute Gasteiger partial charge is 0.372 e. The Hall–Kier alpha value is -2.13. The summed E-state index contributed by atoms with van der Waals surface area (Å²) < 4.78 is 18.6. The predicted molar refractivity (Wildman–Crippen MR) is 71.7 cm³/mol. The van der Waals surface area contributed by atoms with Crippen molar-refractivity contribution in [3.05, 3.63) is 29.6 Å². The molecule has 0 saturated carbocycles. The Morgan fingerprint density at radius 3 is 2.70 bits per heavy atom. The van der Waals surface area contributed by atoms with Crippen molar-refractivity contribution >= 4 is 11.7 Å². The summed E-state index contributed by atoms with van der Waals surface area (Å²) in [6, 6.07) is 5.25. The minimum atomic E-state index is -0.506. The molecule has 6 heteroatoms. The Bertz CT molecular complexity index is 546. The molecule has 2 atom stereocenters. The number of nitrogens with one attached hydrogen (secondary N) is 1. The van der Waals surface area contributed by atoms with Crippen LogP contribution in [0.25, 0.3) is 0 Å². The summed E-state index contributed by atoms with van der Waals surface area (Å²) in [7, 11) is 0. The average Bonchev–Trinajstić information content (AvgIpc) is 2.39. The molecule has 1 aliphatic rings. The highest BCUT2D eigenvalue weighted by atomic mass is 19.1. The molecule has 1 saturated heterocycles. The van der Waals surface area contributed by atoms with Crippen LogP contribution in [-0.2, 0) is 4.74 Å². The number of amides is 2. The molecule has 0 aliphatic carbocycles. The number of carbonyl (C=O) groups excluding carboxylic acids is 1. The highest BCUT2D eigenvalue weighted by molar-refractivity contribution is 5.90. The normalized spacial score (nSPS) is 22.2. The van der Waals surface area contributed by atoms with Crippen LogP contribution in [0.3, 0.4) is 0 Å². The number of hydrogen-bond acceptors (Lipinski definition) is 3. The standard InChI is InChI=1S/C14H16FN3O2/c1-9-7-18(8-10(2)20-9)14(19)17-13-4-3-12(15)5-11(13)6-16/h3-5,9-10H,7-8H2,1-2H3,(H,17,19). The number of carbonyl (C=O) groups is 1. The van der Waals surface area contributed by atoms with Crippen molar-refractivity contribution in [3.63, 3.8) is 0 Å². The minimum absolute atomic E-state index is 0.0341. The Morgan fingerprint density at radius 1 is 1.45 bits per heavy atom. The van der Waals surface area contributed by atoms with Gasteiger partial charge in [0.1, 0.15) is 11.9 Å². The third-order valence-electron chi connectivity index (χ3n) is 3.05. The molecule has 0 bridgehead atoms. The van der Waals surface area contributed by atoms with E-state index in [1.54, 1.807) is 4.90 Å². The van der Waals surface area contributed by atoms with E-state index in [4.69, 9.17) is 10.00 Å². The van der Waals surface area contributed by atoms with Gasteiger partial charge in [0, 0.05) is 13.1 Å². The van der Waals surface area contributed by atoms with E-state index in [-0.39, 0.29) is 23.8 Å². The van der Waals surface area contributed by atoms with E-state index >= 15 is 0 Å². The van der Waals surface area contributed by atoms with Crippen molar-refractivity contribution in [2.24, 2.45) is 0 Å². The van der Waals surface area contributed by atoms with Gasteiger partial charge in [-0.1, -0.05) is 0 Å². The van der Waals surface area contributed by atoms with Crippen LogP contribution in [0.15, 0.2) is 18.2 Å². The van der Waals surface area contributed by atoms with E-state index in [9.17, 15) is 9.18 Å². The van der Waals surface area contributed by atoms with Gasteiger partial charge < -0.3 is 15.0 Å². The quantitative estimate of drug-likeness (QED) is 0.856. The van der Waals surface area contributed by atoms with Crippen LogP contribution < -0.4 is 5.32 Å². The van der Waals surface area contributed by atoms with Gasteiger partial charge in [-0.25, -0.2) is 9.18 Å². The predicted octanol–water partition coefficient (Wildman–Crippen LogP) is 2.34. The average molecular weight is 277 g/mol. The summed E-state index contributed by atoms with van der Waals surface area (Å²) in [6.45, 7) is 4.77. The number of morpholine rings is 1. The van der Waals surface area contributed by atoms with Gasteiger partial charge in [-0.05, 0) is 32.0 Å². The summed E-state index contributed by atoms with van der Waals surface area (Å²) in [5.41, 5.74) is 0.415. The van der Waals surface area contributed by atoms with Gasteiger partial charge in [0.05, 0.1) is 23.5 Å². The van der Waals surface area contributed by atoms with Gasteiger partial charge in [-0.2, -0.15) is 5.26 Å². The number of hydrogen-bond donors (Lipinski definition) is 1. The molecular weight excluding hydrogens is 261 g/mol. The maximum Gasteiger partial charge on any atom is 0.322 e. The molecule has 2 rings (SSSR count). The lowest BCUT2D eigenvalue weighted by molar-refractivity contribution is -0.0530. The van der Waals surface area contributed by atoms with Crippen molar-refractivity contribution in [1.29, 1.82) is 5.26 Å². The van der Waals surface area contributed by atoms with Crippen LogP contribution in [0, 0.1) is 17.1 Å². The van der Waals surface area contributed by atoms with Gasteiger partial charge in [0.15, 0.2) is 0 Å². The van der Waals surface area contributed by atoms with Crippen molar-refractivity contribution in [2.45, 2.75) is 26.1 Å². The van der Waals surface area contributed by atoms with Crippen LogP contribution in [-0.4, -0.2) is 36.2 Å². The first-order chi connectivity index (χ1) is 9.49. The van der Waals surface area contributed by atoms with Crippen LogP contribution >= 0.6 is 0 Å². The van der Waals surface area contributed by atoms with Crippen molar-refractivity contribution in [3.8, 4) is 6.07 Å². The fourth-order valence-electron chi connectivity index (χ4n) is 2.26. The number of nitriles is 1. The fraction of sp³-hybridized carbons (Fsp3) is 0.429. The molecule has 0 radical (unpaired) electrons. The molecule has 1 N–H and O–H groups in total. The molecule has 5 nitrogen and oxygen atoms in total. The molecule has 20 heavy (non-hydrogen) atoms. The Balaban J connectivity index is 2.10. The Labute approximate surface area is 116 Å². The van der Waals surface area contributed by atoms with Gasteiger partial charge >= 0.3 is 6.03 Å². The summed E-state index contributed by atoms with van der Waals surface area (Å²) >= 11 is 0. The molecule has 1 aromatic carbocycles. The monoisotopic (exact) mass is 277 g/mol. The molecule has 106 valence electrons. The van der Waals surface area contributed by atoms with Crippen LogP contribution in [0.4, 0.5) is 14.9 Å². The maximum absolute atomic E-state index is 13.0. The maximum atomic E-state index is 13.0. The van der Waals surface area contributed by atoms with Crippen molar-refractivity contribution in [2.75, 3.05) is 18.4 Å². The molecule has 0 aromatic heterocycles. The summed E-state index contributed by atoms with van der Waals surface area (Å²) in [4.78, 5) is 13.8. The molecule has 2 unspecified atom stereocenters. The van der Waals surface area contributed by atoms with Crippen molar-refractivity contribution in [1.82, 2.24) is 4.90 Å². The SMILES string of the molecule is CC1CN(C(=O)Nc2ccc(F)cc2C#N)CC(C)O1. The first-order valence-corrected chi connectivity index (χ1v) is 6.40. The van der Waals surface area contributed by atoms with Crippen LogP contribution in [0.1, 0.15) is 19.4 Å². The number of anilines is 1. The van der Waals surface area contributed by atoms with E-state index in [1.807, 2.05) is 19.9 Å². The Morgan fingerprint density at radius 2 is 2.10 bits per heavy atom. The first kappa shape index (κ1) is 14.3. The van der Waals surface area contributed by atoms with E-state index in [0.717, 1.165) is 6.07 Å². The fourth-order valence-corrected chi connectivity index (χ4v) is 2.26. The molecule has 1 aromatic rings. The summed E-state index contributed by atoms with van der Waals surface area (Å²) in [5.74, 6) is -0.506. The molecule has 2 amide bonds. The second-order valence-corrected chi connectivity index (χ2v) is 4.89. The van der Waals surface area contributed by atoms with Crippen LogP contribution in [0.2, 0.25) is 0 Å². The number of urea groups is 1. The third-order valence-corrected chi connectivity index (χ3v) is 3.05. The zero-order chi connectivity index (χ0) is 14.7. The van der Waals surface area contributed by atoms with E-state index < -0.39 is 5.82 Å². The molecule has 1 aliphatic heterocycles. The van der Waals surface area contributed by atoms with Gasteiger partial charge in [-0.15, -0.1) is 0 Å². The highest BCUT2D eigenvalue weighted by Gasteiger charge is 2.26. The van der Waals surface area contributed by atoms with Crippen molar-refractivity contribution < 1.29 is 13.9 Å². The molecule has 1 heterocycles. The minimum Gasteiger partial charge on any atom is -0.372 e. The molecular formula is C14H16FN3O2. The lowest BCUT2D eigenvalue weighted by atomic mass is 10.2. The molecule has 0 spiro atoms. The first-order valence-electron chi connectivity index (χ1n) is 6.40. The number of benzene rings is 1. The van der Waals surface area contributed by atoms with Crippen LogP contribution in [0.5, 0.6) is 0 Å². The number of ether oxygens (including phenoxy) is 1. The van der Waals surface area contributed by atoms with Gasteiger partial charge in [0.2, 0.25) is 0 Å². The van der Waals surface area contributed by atoms with Gasteiger partial charge in [-0.3, -0.25) is 0 Å².